The van der Waals surface area contributed by atoms with E-state index in [2.05, 4.69) is 10.2 Å². The fourth-order valence-electron chi connectivity index (χ4n) is 3.01. The number of rotatable bonds is 4. The van der Waals surface area contributed by atoms with Gasteiger partial charge in [-0.2, -0.15) is 0 Å². The van der Waals surface area contributed by atoms with Crippen LogP contribution in [0.1, 0.15) is 12.8 Å². The summed E-state index contributed by atoms with van der Waals surface area (Å²) in [5, 5.41) is 3.05. The molecule has 0 aliphatic carbocycles. The van der Waals surface area contributed by atoms with Crippen molar-refractivity contribution in [2.45, 2.75) is 25.0 Å². The van der Waals surface area contributed by atoms with Crippen LogP contribution in [0.4, 0.5) is 0 Å². The second-order valence-corrected chi connectivity index (χ2v) is 6.71. The molecule has 0 aromatic heterocycles. The van der Waals surface area contributed by atoms with Crippen molar-refractivity contribution in [2.75, 3.05) is 40.3 Å². The number of nitrogens with one attached hydrogen (secondary N) is 1. The zero-order valence-corrected chi connectivity index (χ0v) is 14.7. The fourth-order valence-corrected chi connectivity index (χ4v) is 3.01. The number of carbonyl (C=O) groups is 2. The van der Waals surface area contributed by atoms with E-state index in [-0.39, 0.29) is 24.5 Å². The molecule has 136 valence electrons. The normalized spacial score (nSPS) is 20.8. The predicted molar refractivity (Wildman–Crippen MR) is 92.7 cm³/mol. The molecule has 7 nitrogen and oxygen atoms in total. The van der Waals surface area contributed by atoms with Crippen LogP contribution >= 0.6 is 0 Å². The van der Waals surface area contributed by atoms with E-state index in [1.54, 1.807) is 25.1 Å². The van der Waals surface area contributed by atoms with Crippen molar-refractivity contribution in [3.05, 3.63) is 24.3 Å². The van der Waals surface area contributed by atoms with Crippen LogP contribution in [0.2, 0.25) is 0 Å². The molecule has 2 amide bonds. The maximum atomic E-state index is 12.4. The molecular formula is C18H25N3O4. The third-order valence-corrected chi connectivity index (χ3v) is 4.59. The number of benzene rings is 1. The lowest BCUT2D eigenvalue weighted by atomic mass is 10.0. The summed E-state index contributed by atoms with van der Waals surface area (Å²) in [4.78, 5) is 27.9. The quantitative estimate of drug-likeness (QED) is 0.859. The van der Waals surface area contributed by atoms with Gasteiger partial charge in [-0.25, -0.2) is 0 Å². The Morgan fingerprint density at radius 3 is 2.56 bits per heavy atom. The summed E-state index contributed by atoms with van der Waals surface area (Å²) in [5.41, 5.74) is 0. The van der Waals surface area contributed by atoms with Gasteiger partial charge in [-0.15, -0.1) is 0 Å². The molecule has 0 spiro atoms. The highest BCUT2D eigenvalue weighted by Gasteiger charge is 2.30. The topological polar surface area (TPSA) is 71.1 Å². The largest absolute Gasteiger partial charge is 0.485 e. The molecule has 1 aromatic rings. The van der Waals surface area contributed by atoms with E-state index in [0.717, 1.165) is 25.9 Å². The Balaban J connectivity index is 1.45. The van der Waals surface area contributed by atoms with Gasteiger partial charge in [0.25, 0.3) is 5.91 Å². The minimum Gasteiger partial charge on any atom is -0.485 e. The minimum atomic E-state index is -0.622. The summed E-state index contributed by atoms with van der Waals surface area (Å²) >= 11 is 0. The molecule has 0 bridgehead atoms. The Labute approximate surface area is 147 Å². The molecule has 3 rings (SSSR count). The number of nitrogens with zero attached hydrogens (tertiary/aromatic N) is 2. The summed E-state index contributed by atoms with van der Waals surface area (Å²) in [6.45, 7) is 2.26. The van der Waals surface area contributed by atoms with E-state index >= 15 is 0 Å². The van der Waals surface area contributed by atoms with Gasteiger partial charge in [-0.1, -0.05) is 12.1 Å². The monoisotopic (exact) mass is 347 g/mol. The Hall–Kier alpha value is -2.28. The summed E-state index contributed by atoms with van der Waals surface area (Å²) in [5.74, 6) is 1.24. The molecule has 1 saturated heterocycles. The van der Waals surface area contributed by atoms with Gasteiger partial charge in [-0.3, -0.25) is 14.5 Å². The highest BCUT2D eigenvalue weighted by Crippen LogP contribution is 2.30. The van der Waals surface area contributed by atoms with Gasteiger partial charge in [-0.05, 0) is 25.0 Å². The van der Waals surface area contributed by atoms with Gasteiger partial charge in [0, 0.05) is 33.2 Å². The standard InChI is InChI=1S/C18H25N3O4/c1-20(2)17(22)11-21-9-7-13(8-10-21)19-18(23)16-12-24-14-5-3-4-6-15(14)25-16/h3-6,13,16H,7-12H2,1-2H3,(H,19,23). The molecule has 0 saturated carbocycles. The van der Waals surface area contributed by atoms with Crippen molar-refractivity contribution in [3.63, 3.8) is 0 Å². The molecule has 2 aliphatic rings. The zero-order chi connectivity index (χ0) is 17.8. The highest BCUT2D eigenvalue weighted by atomic mass is 16.6. The van der Waals surface area contributed by atoms with Crippen molar-refractivity contribution in [3.8, 4) is 11.5 Å². The lowest BCUT2D eigenvalue weighted by Crippen LogP contribution is -2.51. The molecular weight excluding hydrogens is 322 g/mol. The highest BCUT2D eigenvalue weighted by molar-refractivity contribution is 5.82. The first-order valence-electron chi connectivity index (χ1n) is 8.64. The van der Waals surface area contributed by atoms with Gasteiger partial charge in [0.15, 0.2) is 11.5 Å². The third-order valence-electron chi connectivity index (χ3n) is 4.59. The number of amides is 2. The molecule has 0 radical (unpaired) electrons. The lowest BCUT2D eigenvalue weighted by molar-refractivity contribution is -0.132. The Morgan fingerprint density at radius 2 is 1.88 bits per heavy atom. The molecule has 2 aliphatic heterocycles. The number of ether oxygens (including phenoxy) is 2. The van der Waals surface area contributed by atoms with Crippen LogP contribution in [-0.4, -0.2) is 74.1 Å². The number of likely N-dealkylation sites (tertiary alicyclic amines) is 1. The van der Waals surface area contributed by atoms with E-state index in [0.29, 0.717) is 18.0 Å². The smallest absolute Gasteiger partial charge is 0.264 e. The second-order valence-electron chi connectivity index (χ2n) is 6.71. The molecule has 2 heterocycles. The number of para-hydroxylation sites is 2. The summed E-state index contributed by atoms with van der Waals surface area (Å²) < 4.78 is 11.3. The maximum Gasteiger partial charge on any atom is 0.264 e. The predicted octanol–water partition coefficient (Wildman–Crippen LogP) is 0.495. The van der Waals surface area contributed by atoms with E-state index < -0.39 is 6.10 Å². The number of hydrogen-bond donors (Lipinski definition) is 1. The van der Waals surface area contributed by atoms with Crippen LogP contribution in [0.25, 0.3) is 0 Å². The number of likely N-dealkylation sites (N-methyl/N-ethyl adjacent to an activating group) is 1. The van der Waals surface area contributed by atoms with Crippen molar-refractivity contribution >= 4 is 11.8 Å². The number of hydrogen-bond acceptors (Lipinski definition) is 5. The van der Waals surface area contributed by atoms with Gasteiger partial charge >= 0.3 is 0 Å². The zero-order valence-electron chi connectivity index (χ0n) is 14.7. The molecule has 1 unspecified atom stereocenters. The van der Waals surface area contributed by atoms with Crippen LogP contribution in [0.5, 0.6) is 11.5 Å². The summed E-state index contributed by atoms with van der Waals surface area (Å²) in [6, 6.07) is 7.47. The van der Waals surface area contributed by atoms with E-state index in [4.69, 9.17) is 9.47 Å². The van der Waals surface area contributed by atoms with Gasteiger partial charge in [0.2, 0.25) is 12.0 Å². The Bertz CT molecular complexity index is 627. The van der Waals surface area contributed by atoms with E-state index in [1.165, 1.54) is 0 Å². The average Bonchev–Trinajstić information content (AvgIpc) is 2.62. The van der Waals surface area contributed by atoms with Crippen molar-refractivity contribution < 1.29 is 19.1 Å². The molecule has 1 fully saturated rings. The van der Waals surface area contributed by atoms with Crippen LogP contribution < -0.4 is 14.8 Å². The van der Waals surface area contributed by atoms with Crippen LogP contribution in [0.15, 0.2) is 24.3 Å². The van der Waals surface area contributed by atoms with Crippen molar-refractivity contribution in [1.29, 1.82) is 0 Å². The average molecular weight is 347 g/mol. The number of piperidine rings is 1. The minimum absolute atomic E-state index is 0.105. The molecule has 1 atom stereocenters. The van der Waals surface area contributed by atoms with E-state index in [9.17, 15) is 9.59 Å². The Morgan fingerprint density at radius 1 is 1.20 bits per heavy atom. The van der Waals surface area contributed by atoms with Gasteiger partial charge < -0.3 is 19.7 Å². The second kappa shape index (κ2) is 7.74. The number of fused-ring (bicyclic) bond motifs is 1. The first-order chi connectivity index (χ1) is 12.0. The first kappa shape index (κ1) is 17.5. The van der Waals surface area contributed by atoms with Crippen LogP contribution in [0, 0.1) is 0 Å². The van der Waals surface area contributed by atoms with Crippen LogP contribution in [-0.2, 0) is 9.59 Å². The maximum absolute atomic E-state index is 12.4. The SMILES string of the molecule is CN(C)C(=O)CN1CCC(NC(=O)C2COc3ccccc3O2)CC1. The van der Waals surface area contributed by atoms with Gasteiger partial charge in [0.05, 0.1) is 6.54 Å². The van der Waals surface area contributed by atoms with Crippen LogP contribution in [0.3, 0.4) is 0 Å². The molecule has 7 heteroatoms. The van der Waals surface area contributed by atoms with Gasteiger partial charge in [0.1, 0.15) is 6.61 Å². The Kier molecular flexibility index (Phi) is 5.43. The first-order valence-corrected chi connectivity index (χ1v) is 8.64. The fraction of sp³-hybridized carbons (Fsp3) is 0.556. The van der Waals surface area contributed by atoms with E-state index in [1.807, 2.05) is 18.2 Å². The van der Waals surface area contributed by atoms with Crippen molar-refractivity contribution in [1.82, 2.24) is 15.1 Å². The molecule has 1 aromatic carbocycles. The molecule has 25 heavy (non-hydrogen) atoms. The van der Waals surface area contributed by atoms with Crippen molar-refractivity contribution in [2.24, 2.45) is 0 Å². The third kappa shape index (κ3) is 4.42. The summed E-state index contributed by atoms with van der Waals surface area (Å²) in [6.07, 6.45) is 1.04. The summed E-state index contributed by atoms with van der Waals surface area (Å²) in [7, 11) is 3.53. The molecule has 1 N–H and O–H groups in total. The lowest BCUT2D eigenvalue weighted by Gasteiger charge is -2.33. The number of carbonyl (C=O) groups excluding carboxylic acids is 2.